The molecule has 0 unspecified atom stereocenters. The third-order valence-corrected chi connectivity index (χ3v) is 3.43. The number of carbonyl (C=O) groups excluding carboxylic acids is 1. The third-order valence-electron chi connectivity index (χ3n) is 3.43. The van der Waals surface area contributed by atoms with E-state index < -0.39 is 0 Å². The second-order valence-electron chi connectivity index (χ2n) is 4.92. The minimum atomic E-state index is -0.299. The number of hydrogen-bond acceptors (Lipinski definition) is 2. The van der Waals surface area contributed by atoms with Gasteiger partial charge in [0.2, 0.25) is 0 Å². The number of benzene rings is 1. The molecule has 0 bridgehead atoms. The molecule has 1 amide bonds. The third kappa shape index (κ3) is 2.57. The minimum Gasteiger partial charge on any atom is -0.337 e. The summed E-state index contributed by atoms with van der Waals surface area (Å²) in [6, 6.07) is 6.48. The van der Waals surface area contributed by atoms with Crippen LogP contribution in [0.25, 0.3) is 0 Å². The molecule has 20 heavy (non-hydrogen) atoms. The van der Waals surface area contributed by atoms with Crippen LogP contribution < -0.4 is 0 Å². The van der Waals surface area contributed by atoms with Crippen molar-refractivity contribution >= 4 is 5.91 Å². The quantitative estimate of drug-likeness (QED) is 0.863. The second kappa shape index (κ2) is 5.45. The van der Waals surface area contributed by atoms with Crippen LogP contribution in [-0.4, -0.2) is 27.6 Å². The van der Waals surface area contributed by atoms with Crippen LogP contribution in [0.5, 0.6) is 0 Å². The van der Waals surface area contributed by atoms with Gasteiger partial charge in [0.15, 0.2) is 0 Å². The fourth-order valence-electron chi connectivity index (χ4n) is 2.23. The van der Waals surface area contributed by atoms with Crippen molar-refractivity contribution in [2.45, 2.75) is 20.4 Å². The Morgan fingerprint density at radius 1 is 1.35 bits per heavy atom. The van der Waals surface area contributed by atoms with Crippen LogP contribution in [0.2, 0.25) is 0 Å². The van der Waals surface area contributed by atoms with E-state index in [4.69, 9.17) is 0 Å². The molecule has 2 rings (SSSR count). The second-order valence-corrected chi connectivity index (χ2v) is 4.92. The van der Waals surface area contributed by atoms with Crippen LogP contribution >= 0.6 is 0 Å². The first-order valence-electron chi connectivity index (χ1n) is 6.41. The summed E-state index contributed by atoms with van der Waals surface area (Å²) in [5.74, 6) is -0.442. The summed E-state index contributed by atoms with van der Waals surface area (Å²) in [6.45, 7) is 3.89. The molecular weight excluding hydrogens is 257 g/mol. The minimum absolute atomic E-state index is 0.142. The number of halogens is 1. The van der Waals surface area contributed by atoms with E-state index in [2.05, 4.69) is 5.10 Å². The molecule has 0 saturated carbocycles. The fourth-order valence-corrected chi connectivity index (χ4v) is 2.23. The lowest BCUT2D eigenvalue weighted by Gasteiger charge is -2.18. The first-order valence-corrected chi connectivity index (χ1v) is 6.41. The van der Waals surface area contributed by atoms with E-state index in [1.807, 2.05) is 6.92 Å². The maximum absolute atomic E-state index is 13.6. The Kier molecular flexibility index (Phi) is 3.88. The average molecular weight is 275 g/mol. The van der Waals surface area contributed by atoms with E-state index in [-0.39, 0.29) is 18.3 Å². The number of hydrogen-bond donors (Lipinski definition) is 0. The van der Waals surface area contributed by atoms with Gasteiger partial charge in [-0.25, -0.2) is 4.39 Å². The topological polar surface area (TPSA) is 38.1 Å². The molecule has 1 heterocycles. The standard InChI is InChI=1S/C15H18FN3O/c1-10-14(11(2)19(4)17-10)15(20)18(3)9-12-7-5-6-8-13(12)16/h5-8H,9H2,1-4H3. The highest BCUT2D eigenvalue weighted by Crippen LogP contribution is 2.16. The van der Waals surface area contributed by atoms with Crippen LogP contribution in [0.15, 0.2) is 24.3 Å². The number of carbonyl (C=O) groups is 1. The molecule has 2 aromatic rings. The van der Waals surface area contributed by atoms with E-state index in [1.165, 1.54) is 11.0 Å². The maximum atomic E-state index is 13.6. The Labute approximate surface area is 117 Å². The Hall–Kier alpha value is -2.17. The normalized spacial score (nSPS) is 10.7. The van der Waals surface area contributed by atoms with Crippen molar-refractivity contribution in [3.05, 3.63) is 52.6 Å². The van der Waals surface area contributed by atoms with Gasteiger partial charge in [-0.1, -0.05) is 18.2 Å². The van der Waals surface area contributed by atoms with Gasteiger partial charge in [-0.2, -0.15) is 5.10 Å². The number of aromatic nitrogens is 2. The van der Waals surface area contributed by atoms with Crippen molar-refractivity contribution in [1.82, 2.24) is 14.7 Å². The molecule has 0 radical (unpaired) electrons. The monoisotopic (exact) mass is 275 g/mol. The summed E-state index contributed by atoms with van der Waals surface area (Å²) in [7, 11) is 3.47. The van der Waals surface area contributed by atoms with Gasteiger partial charge in [-0.15, -0.1) is 0 Å². The van der Waals surface area contributed by atoms with Crippen LogP contribution in [0.4, 0.5) is 4.39 Å². The first kappa shape index (κ1) is 14.2. The summed E-state index contributed by atoms with van der Waals surface area (Å²) >= 11 is 0. The Morgan fingerprint density at radius 2 is 2.00 bits per heavy atom. The summed E-state index contributed by atoms with van der Waals surface area (Å²) in [5.41, 5.74) is 2.59. The molecule has 0 aliphatic heterocycles. The van der Waals surface area contributed by atoms with E-state index >= 15 is 0 Å². The fraction of sp³-hybridized carbons (Fsp3) is 0.333. The molecular formula is C15H18FN3O. The highest BCUT2D eigenvalue weighted by atomic mass is 19.1. The van der Waals surface area contributed by atoms with Gasteiger partial charge in [-0.05, 0) is 19.9 Å². The summed E-state index contributed by atoms with van der Waals surface area (Å²) in [4.78, 5) is 14.0. The zero-order chi connectivity index (χ0) is 14.9. The largest absolute Gasteiger partial charge is 0.337 e. The van der Waals surface area contributed by atoms with E-state index in [0.29, 0.717) is 16.8 Å². The van der Waals surface area contributed by atoms with Gasteiger partial charge in [0.05, 0.1) is 11.3 Å². The number of rotatable bonds is 3. The van der Waals surface area contributed by atoms with Gasteiger partial charge in [0.25, 0.3) is 5.91 Å². The lowest BCUT2D eigenvalue weighted by Crippen LogP contribution is -2.27. The predicted octanol–water partition coefficient (Wildman–Crippen LogP) is 2.45. The molecule has 0 saturated heterocycles. The molecule has 0 aliphatic rings. The van der Waals surface area contributed by atoms with Crippen molar-refractivity contribution in [2.24, 2.45) is 7.05 Å². The highest BCUT2D eigenvalue weighted by Gasteiger charge is 2.21. The van der Waals surface area contributed by atoms with Crippen LogP contribution in [0.3, 0.4) is 0 Å². The van der Waals surface area contributed by atoms with Crippen molar-refractivity contribution in [3.8, 4) is 0 Å². The van der Waals surface area contributed by atoms with Crippen molar-refractivity contribution in [3.63, 3.8) is 0 Å². The molecule has 5 heteroatoms. The first-order chi connectivity index (χ1) is 9.41. The van der Waals surface area contributed by atoms with Crippen molar-refractivity contribution < 1.29 is 9.18 Å². The smallest absolute Gasteiger partial charge is 0.257 e. The SMILES string of the molecule is Cc1nn(C)c(C)c1C(=O)N(C)Cc1ccccc1F. The average Bonchev–Trinajstić information content (AvgIpc) is 2.65. The van der Waals surface area contributed by atoms with Gasteiger partial charge in [0.1, 0.15) is 5.82 Å². The van der Waals surface area contributed by atoms with E-state index in [0.717, 1.165) is 5.69 Å². The number of aryl methyl sites for hydroxylation is 2. The van der Waals surface area contributed by atoms with Crippen LogP contribution in [0.1, 0.15) is 27.3 Å². The predicted molar refractivity (Wildman–Crippen MR) is 74.9 cm³/mol. The lowest BCUT2D eigenvalue weighted by molar-refractivity contribution is 0.0782. The highest BCUT2D eigenvalue weighted by molar-refractivity contribution is 5.96. The zero-order valence-corrected chi connectivity index (χ0v) is 12.1. The summed E-state index contributed by atoms with van der Waals surface area (Å²) < 4.78 is 15.3. The van der Waals surface area contributed by atoms with Crippen molar-refractivity contribution in [1.29, 1.82) is 0 Å². The number of nitrogens with zero attached hydrogens (tertiary/aromatic N) is 3. The lowest BCUT2D eigenvalue weighted by atomic mass is 10.1. The number of amides is 1. The molecule has 4 nitrogen and oxygen atoms in total. The molecule has 0 fully saturated rings. The van der Waals surface area contributed by atoms with Gasteiger partial charge < -0.3 is 4.90 Å². The Bertz CT molecular complexity index is 649. The van der Waals surface area contributed by atoms with Crippen molar-refractivity contribution in [2.75, 3.05) is 7.05 Å². The van der Waals surface area contributed by atoms with Crippen LogP contribution in [0, 0.1) is 19.7 Å². The molecule has 0 spiro atoms. The Balaban J connectivity index is 2.23. The van der Waals surface area contributed by atoms with Crippen LogP contribution in [-0.2, 0) is 13.6 Å². The van der Waals surface area contributed by atoms with Gasteiger partial charge in [-0.3, -0.25) is 9.48 Å². The van der Waals surface area contributed by atoms with E-state index in [9.17, 15) is 9.18 Å². The Morgan fingerprint density at radius 3 is 2.55 bits per heavy atom. The molecule has 0 N–H and O–H groups in total. The van der Waals surface area contributed by atoms with Gasteiger partial charge >= 0.3 is 0 Å². The molecule has 106 valence electrons. The zero-order valence-electron chi connectivity index (χ0n) is 12.1. The maximum Gasteiger partial charge on any atom is 0.257 e. The summed E-state index contributed by atoms with van der Waals surface area (Å²) in [5, 5.41) is 4.23. The summed E-state index contributed by atoms with van der Waals surface area (Å²) in [6.07, 6.45) is 0. The van der Waals surface area contributed by atoms with Gasteiger partial charge in [0, 0.05) is 31.9 Å². The molecule has 0 aliphatic carbocycles. The molecule has 1 aromatic carbocycles. The molecule has 0 atom stereocenters. The molecule has 1 aromatic heterocycles. The van der Waals surface area contributed by atoms with E-state index in [1.54, 1.807) is 43.9 Å².